The summed E-state index contributed by atoms with van der Waals surface area (Å²) in [6.07, 6.45) is 1.16. The summed E-state index contributed by atoms with van der Waals surface area (Å²) in [6.45, 7) is 2.02. The van der Waals surface area contributed by atoms with Crippen molar-refractivity contribution in [2.24, 2.45) is 0 Å². The zero-order chi connectivity index (χ0) is 12.5. The lowest BCUT2D eigenvalue weighted by Crippen LogP contribution is -2.19. The fourth-order valence-corrected chi connectivity index (χ4v) is 4.48. The molecule has 1 aliphatic rings. The van der Waals surface area contributed by atoms with Crippen molar-refractivity contribution in [1.29, 1.82) is 5.26 Å². The highest BCUT2D eigenvalue weighted by Crippen LogP contribution is 2.69. The molecule has 90 valence electrons. The average molecular weight is 253 g/mol. The van der Waals surface area contributed by atoms with E-state index < -0.39 is 18.3 Å². The fraction of sp³-hybridized carbons (Fsp3) is 0.417. The smallest absolute Gasteiger partial charge is 0.251 e. The van der Waals surface area contributed by atoms with Crippen LogP contribution in [0.3, 0.4) is 0 Å². The third-order valence-corrected chi connectivity index (χ3v) is 6.25. The van der Waals surface area contributed by atoms with Crippen LogP contribution < -0.4 is 5.30 Å². The van der Waals surface area contributed by atoms with Gasteiger partial charge >= 0.3 is 0 Å². The minimum atomic E-state index is -3.21. The summed E-state index contributed by atoms with van der Waals surface area (Å²) in [5.74, 6) is -0.390. The Bertz CT molecular complexity index is 502. The molecule has 0 N–H and O–H groups in total. The van der Waals surface area contributed by atoms with Crippen LogP contribution in [0.4, 0.5) is 4.39 Å². The van der Waals surface area contributed by atoms with Gasteiger partial charge in [0, 0.05) is 5.30 Å². The van der Waals surface area contributed by atoms with Crippen LogP contribution in [0.2, 0.25) is 0 Å². The van der Waals surface area contributed by atoms with Crippen LogP contribution >= 0.6 is 7.37 Å². The first-order valence-electron chi connectivity index (χ1n) is 5.50. The van der Waals surface area contributed by atoms with Crippen LogP contribution in [-0.2, 0) is 9.09 Å². The molecule has 5 heteroatoms. The van der Waals surface area contributed by atoms with Gasteiger partial charge in [-0.05, 0) is 44.0 Å². The van der Waals surface area contributed by atoms with Gasteiger partial charge < -0.3 is 4.52 Å². The first kappa shape index (κ1) is 12.3. The first-order valence-corrected chi connectivity index (χ1v) is 7.12. The lowest BCUT2D eigenvalue weighted by atomic mass is 10.3. The largest absolute Gasteiger partial charge is 0.324 e. The summed E-state index contributed by atoms with van der Waals surface area (Å²) >= 11 is 0. The van der Waals surface area contributed by atoms with Crippen molar-refractivity contribution in [1.82, 2.24) is 0 Å². The Morgan fingerprint density at radius 2 is 2.06 bits per heavy atom. The number of benzene rings is 1. The number of hydrogen-bond acceptors (Lipinski definition) is 3. The lowest BCUT2D eigenvalue weighted by molar-refractivity contribution is 0.335. The van der Waals surface area contributed by atoms with Crippen LogP contribution in [-0.4, -0.2) is 11.8 Å². The van der Waals surface area contributed by atoms with Crippen LogP contribution in [0.25, 0.3) is 0 Å². The van der Waals surface area contributed by atoms with E-state index in [2.05, 4.69) is 6.07 Å². The molecule has 0 aliphatic heterocycles. The van der Waals surface area contributed by atoms with Gasteiger partial charge in [0.1, 0.15) is 11.0 Å². The quantitative estimate of drug-likeness (QED) is 0.775. The Hall–Kier alpha value is -1.17. The molecular formula is C12H13FNO2P. The fourth-order valence-electron chi connectivity index (χ4n) is 1.85. The van der Waals surface area contributed by atoms with E-state index in [0.717, 1.165) is 0 Å². The molecule has 1 aromatic rings. The van der Waals surface area contributed by atoms with E-state index in [0.29, 0.717) is 18.1 Å². The highest BCUT2D eigenvalue weighted by molar-refractivity contribution is 7.69. The van der Waals surface area contributed by atoms with Gasteiger partial charge in [0.15, 0.2) is 0 Å². The van der Waals surface area contributed by atoms with Crippen molar-refractivity contribution in [3.05, 3.63) is 30.1 Å². The van der Waals surface area contributed by atoms with Crippen LogP contribution in [0.1, 0.15) is 19.8 Å². The van der Waals surface area contributed by atoms with Crippen LogP contribution in [0.15, 0.2) is 24.3 Å². The van der Waals surface area contributed by atoms with E-state index in [4.69, 9.17) is 9.79 Å². The van der Waals surface area contributed by atoms with Gasteiger partial charge in [0.05, 0.1) is 12.7 Å². The van der Waals surface area contributed by atoms with Gasteiger partial charge in [0.2, 0.25) is 0 Å². The Morgan fingerprint density at radius 1 is 1.47 bits per heavy atom. The highest BCUT2D eigenvalue weighted by Gasteiger charge is 2.60. The summed E-state index contributed by atoms with van der Waals surface area (Å²) in [4.78, 5) is 0. The van der Waals surface area contributed by atoms with E-state index >= 15 is 0 Å². The maximum Gasteiger partial charge on any atom is 0.251 e. The number of rotatable bonds is 4. The Morgan fingerprint density at radius 3 is 2.47 bits per heavy atom. The molecular weight excluding hydrogens is 240 g/mol. The van der Waals surface area contributed by atoms with E-state index in [1.165, 1.54) is 24.3 Å². The van der Waals surface area contributed by atoms with Gasteiger partial charge in [-0.3, -0.25) is 4.57 Å². The molecule has 1 aliphatic carbocycles. The number of nitrogens with zero attached hydrogens (tertiary/aromatic N) is 1. The molecule has 17 heavy (non-hydrogen) atoms. The highest BCUT2D eigenvalue weighted by atomic mass is 31.2. The van der Waals surface area contributed by atoms with Crippen LogP contribution in [0, 0.1) is 17.1 Å². The second kappa shape index (κ2) is 4.25. The second-order valence-electron chi connectivity index (χ2n) is 4.09. The van der Waals surface area contributed by atoms with Gasteiger partial charge in [0.25, 0.3) is 7.37 Å². The molecule has 0 heterocycles. The SMILES string of the molecule is CCOP(=O)(c1ccc(F)cc1)C1(C#N)CC1. The molecule has 0 aromatic heterocycles. The van der Waals surface area contributed by atoms with Gasteiger partial charge in [-0.25, -0.2) is 4.39 Å². The van der Waals surface area contributed by atoms with Crippen molar-refractivity contribution < 1.29 is 13.5 Å². The third-order valence-electron chi connectivity index (χ3n) is 2.97. The molecule has 1 fully saturated rings. The van der Waals surface area contributed by atoms with Crippen molar-refractivity contribution in [2.45, 2.75) is 24.9 Å². The summed E-state index contributed by atoms with van der Waals surface area (Å²) in [6, 6.07) is 7.49. The summed E-state index contributed by atoms with van der Waals surface area (Å²) in [5.41, 5.74) is 0. The standard InChI is InChI=1S/C12H13FNO2P/c1-2-16-17(15,12(9-14)7-8-12)11-5-3-10(13)4-6-11/h3-6H,2,7-8H2,1H3. The molecule has 3 nitrogen and oxygen atoms in total. The molecule has 0 amide bonds. The molecule has 1 unspecified atom stereocenters. The average Bonchev–Trinajstić information content (AvgIpc) is 3.11. The molecule has 0 radical (unpaired) electrons. The summed E-state index contributed by atoms with van der Waals surface area (Å²) in [7, 11) is -3.21. The van der Waals surface area contributed by atoms with E-state index in [1.807, 2.05) is 0 Å². The number of halogens is 1. The lowest BCUT2D eigenvalue weighted by Gasteiger charge is -2.22. The molecule has 0 spiro atoms. The molecule has 2 rings (SSSR count). The molecule has 0 bridgehead atoms. The van der Waals surface area contributed by atoms with Gasteiger partial charge in [-0.1, -0.05) is 0 Å². The minimum Gasteiger partial charge on any atom is -0.324 e. The number of hydrogen-bond donors (Lipinski definition) is 0. The maximum absolute atomic E-state index is 12.9. The summed E-state index contributed by atoms with van der Waals surface area (Å²) < 4.78 is 31.1. The van der Waals surface area contributed by atoms with Gasteiger partial charge in [-0.15, -0.1) is 0 Å². The van der Waals surface area contributed by atoms with Crippen molar-refractivity contribution >= 4 is 12.7 Å². The van der Waals surface area contributed by atoms with E-state index in [9.17, 15) is 8.96 Å². The predicted octanol–water partition coefficient (Wildman–Crippen LogP) is 2.82. The van der Waals surface area contributed by atoms with Crippen molar-refractivity contribution in [2.75, 3.05) is 6.61 Å². The topological polar surface area (TPSA) is 50.1 Å². The summed E-state index contributed by atoms with van der Waals surface area (Å²) in [5, 5.41) is 8.70. The Balaban J connectivity index is 2.46. The van der Waals surface area contributed by atoms with Crippen molar-refractivity contribution in [3.8, 4) is 6.07 Å². The second-order valence-corrected chi connectivity index (χ2v) is 6.82. The Kier molecular flexibility index (Phi) is 3.07. The monoisotopic (exact) mass is 253 g/mol. The molecule has 1 aromatic carbocycles. The predicted molar refractivity (Wildman–Crippen MR) is 62.8 cm³/mol. The minimum absolute atomic E-state index is 0.276. The normalized spacial score (nSPS) is 20.3. The van der Waals surface area contributed by atoms with Gasteiger partial charge in [-0.2, -0.15) is 5.26 Å². The number of nitriles is 1. The zero-order valence-electron chi connectivity index (χ0n) is 9.52. The molecule has 1 saturated carbocycles. The zero-order valence-corrected chi connectivity index (χ0v) is 10.4. The van der Waals surface area contributed by atoms with Crippen LogP contribution in [0.5, 0.6) is 0 Å². The van der Waals surface area contributed by atoms with E-state index in [-0.39, 0.29) is 6.61 Å². The van der Waals surface area contributed by atoms with E-state index in [1.54, 1.807) is 6.92 Å². The molecule has 0 saturated heterocycles. The Labute approximate surface area is 99.7 Å². The first-order chi connectivity index (χ1) is 8.08. The maximum atomic E-state index is 12.9. The van der Waals surface area contributed by atoms with Crippen molar-refractivity contribution in [3.63, 3.8) is 0 Å². The third kappa shape index (κ3) is 1.90. The molecule has 1 atom stereocenters.